The van der Waals surface area contributed by atoms with Gasteiger partial charge in [-0.05, 0) is 0 Å². The van der Waals surface area contributed by atoms with Crippen LogP contribution in [0.5, 0.6) is 0 Å². The Morgan fingerprint density at radius 1 is 1.75 bits per heavy atom. The van der Waals surface area contributed by atoms with Crippen LogP contribution in [0.25, 0.3) is 0 Å². The molecule has 0 aromatic rings. The van der Waals surface area contributed by atoms with Crippen LogP contribution in [0.15, 0.2) is 0 Å². The summed E-state index contributed by atoms with van der Waals surface area (Å²) in [4.78, 5) is 8.77. The quantitative estimate of drug-likeness (QED) is 0.456. The minimum absolute atomic E-state index is 0. The van der Waals surface area contributed by atoms with Gasteiger partial charge in [0.2, 0.25) is 0 Å². The molecule has 0 aliphatic heterocycles. The molecule has 3 heteroatoms. The molecule has 0 heterocycles. The predicted octanol–water partition coefficient (Wildman–Crippen LogP) is 0.0517. The zero-order valence-electron chi connectivity index (χ0n) is 2.06. The molecule has 0 saturated heterocycles. The van der Waals surface area contributed by atoms with E-state index in [1.165, 1.54) is 0 Å². The van der Waals surface area contributed by atoms with Crippen molar-refractivity contribution in [3.05, 3.63) is 0 Å². The predicted molar refractivity (Wildman–Crippen MR) is 16.5 cm³/mol. The SMILES string of the molecule is O=CP.[U]. The first-order valence-corrected chi connectivity index (χ1v) is 1.24. The average Bonchev–Trinajstić information content (AvgIpc) is 0.918. The molecule has 1 atom stereocenters. The van der Waals surface area contributed by atoms with Gasteiger partial charge in [0.1, 0.15) is 6.03 Å². The minimum atomic E-state index is 0. The third-order valence-electron chi connectivity index (χ3n) is 0. The van der Waals surface area contributed by atoms with Crippen LogP contribution in [0.2, 0.25) is 0 Å². The topological polar surface area (TPSA) is 17.1 Å². The Morgan fingerprint density at radius 3 is 1.75 bits per heavy atom. The summed E-state index contributed by atoms with van der Waals surface area (Å²) in [5.74, 6) is 0. The van der Waals surface area contributed by atoms with E-state index in [9.17, 15) is 0 Å². The molecule has 22 valence electrons. The molecule has 0 bridgehead atoms. The van der Waals surface area contributed by atoms with E-state index in [0.29, 0.717) is 6.03 Å². The van der Waals surface area contributed by atoms with Gasteiger partial charge in [0.05, 0.1) is 0 Å². The number of hydrogen-bond acceptors (Lipinski definition) is 1. The van der Waals surface area contributed by atoms with E-state index in [1.807, 2.05) is 9.24 Å². The molecule has 1 unspecified atom stereocenters. The van der Waals surface area contributed by atoms with Crippen molar-refractivity contribution in [1.82, 2.24) is 0 Å². The molecule has 0 aromatic heterocycles. The smallest absolute Gasteiger partial charge is 0.135 e. The zero-order valence-corrected chi connectivity index (χ0v) is 7.38. The third kappa shape index (κ3) is 11.0. The van der Waals surface area contributed by atoms with Gasteiger partial charge in [0.15, 0.2) is 0 Å². The van der Waals surface area contributed by atoms with Crippen molar-refractivity contribution < 1.29 is 35.9 Å². The molecule has 0 N–H and O–H groups in total. The van der Waals surface area contributed by atoms with E-state index in [0.717, 1.165) is 0 Å². The summed E-state index contributed by atoms with van der Waals surface area (Å²) < 4.78 is 0. The molecule has 4 heavy (non-hydrogen) atoms. The summed E-state index contributed by atoms with van der Waals surface area (Å²) in [7, 11) is 1.90. The van der Waals surface area contributed by atoms with Gasteiger partial charge in [-0.1, -0.05) is 9.24 Å². The van der Waals surface area contributed by atoms with Crippen LogP contribution in [-0.4, -0.2) is 6.03 Å². The Hall–Kier alpha value is 1.15. The van der Waals surface area contributed by atoms with Gasteiger partial charge in [-0.3, -0.25) is 4.79 Å². The second kappa shape index (κ2) is 8.91. The van der Waals surface area contributed by atoms with Crippen LogP contribution in [0.4, 0.5) is 0 Å². The molecule has 0 amide bonds. The first-order valence-electron chi connectivity index (χ1n) is 0.569. The maximum absolute atomic E-state index is 8.77. The molecule has 0 radical (unpaired) electrons. The van der Waals surface area contributed by atoms with Crippen molar-refractivity contribution >= 4 is 15.3 Å². The Kier molecular flexibility index (Phi) is 19.9. The fourth-order valence-corrected chi connectivity index (χ4v) is 0. The van der Waals surface area contributed by atoms with Crippen molar-refractivity contribution in [2.24, 2.45) is 0 Å². The van der Waals surface area contributed by atoms with Crippen molar-refractivity contribution in [2.75, 3.05) is 0 Å². The van der Waals surface area contributed by atoms with Gasteiger partial charge in [-0.2, -0.15) is 0 Å². The van der Waals surface area contributed by atoms with Gasteiger partial charge < -0.3 is 0 Å². The van der Waals surface area contributed by atoms with Gasteiger partial charge >= 0.3 is 0 Å². The summed E-state index contributed by atoms with van der Waals surface area (Å²) in [6, 6.07) is 0.667. The van der Waals surface area contributed by atoms with Crippen molar-refractivity contribution in [1.29, 1.82) is 0 Å². The molecule has 0 aliphatic carbocycles. The molecule has 0 saturated carbocycles. The number of rotatable bonds is 0. The maximum atomic E-state index is 8.77. The molecule has 0 spiro atoms. The maximum Gasteiger partial charge on any atom is 0.135 e. The van der Waals surface area contributed by atoms with Crippen LogP contribution in [0, 0.1) is 31.1 Å². The third-order valence-corrected chi connectivity index (χ3v) is 0. The van der Waals surface area contributed by atoms with E-state index in [2.05, 4.69) is 0 Å². The van der Waals surface area contributed by atoms with Crippen LogP contribution in [-0.2, 0) is 4.79 Å². The van der Waals surface area contributed by atoms with E-state index in [1.54, 1.807) is 0 Å². The van der Waals surface area contributed by atoms with E-state index in [4.69, 9.17) is 4.79 Å². The van der Waals surface area contributed by atoms with Crippen LogP contribution < -0.4 is 0 Å². The standard InChI is InChI=1S/CH3OP.U/c2-1-3;/h1H,3H2;. The zero-order chi connectivity index (χ0) is 2.71. The van der Waals surface area contributed by atoms with E-state index < -0.39 is 0 Å². The second-order valence-electron chi connectivity index (χ2n) is 0.136. The molecule has 0 fully saturated rings. The van der Waals surface area contributed by atoms with E-state index >= 15 is 0 Å². The summed E-state index contributed by atoms with van der Waals surface area (Å²) in [5, 5.41) is 0. The fraction of sp³-hybridized carbons (Fsp3) is 0. The van der Waals surface area contributed by atoms with Crippen molar-refractivity contribution in [2.45, 2.75) is 0 Å². The van der Waals surface area contributed by atoms with Gasteiger partial charge in [0, 0.05) is 31.1 Å². The van der Waals surface area contributed by atoms with Crippen LogP contribution in [0.1, 0.15) is 0 Å². The largest absolute Gasteiger partial charge is 0.299 e. The molecule has 0 rings (SSSR count). The molecule has 0 aromatic carbocycles. The summed E-state index contributed by atoms with van der Waals surface area (Å²) >= 11 is 0. The summed E-state index contributed by atoms with van der Waals surface area (Å²) in [6.45, 7) is 0. The van der Waals surface area contributed by atoms with Crippen molar-refractivity contribution in [3.8, 4) is 0 Å². The fourth-order valence-electron chi connectivity index (χ4n) is 0. The Morgan fingerprint density at radius 2 is 1.75 bits per heavy atom. The molecular weight excluding hydrogens is 297 g/mol. The summed E-state index contributed by atoms with van der Waals surface area (Å²) in [6.07, 6.45) is 0. The number of hydrogen-bond donors (Lipinski definition) is 0. The molecule has 0 aliphatic rings. The second-order valence-corrected chi connectivity index (χ2v) is 0.408. The number of carbonyl (C=O) groups is 1. The average molecular weight is 300 g/mol. The Balaban J connectivity index is 0. The molecular formula is CH3OPU. The minimum Gasteiger partial charge on any atom is -0.299 e. The first-order chi connectivity index (χ1) is 1.41. The summed E-state index contributed by atoms with van der Waals surface area (Å²) in [5.41, 5.74) is 0. The van der Waals surface area contributed by atoms with Gasteiger partial charge in [-0.15, -0.1) is 0 Å². The Bertz CT molecular complexity index is 15.5. The number of carbonyl (C=O) groups excluding carboxylic acids is 1. The van der Waals surface area contributed by atoms with Crippen LogP contribution in [0.3, 0.4) is 0 Å². The monoisotopic (exact) mass is 300 g/mol. The molecule has 1 nitrogen and oxygen atoms in total. The van der Waals surface area contributed by atoms with E-state index in [-0.39, 0.29) is 31.1 Å². The van der Waals surface area contributed by atoms with Gasteiger partial charge in [0.25, 0.3) is 0 Å². The van der Waals surface area contributed by atoms with Crippen molar-refractivity contribution in [3.63, 3.8) is 0 Å². The van der Waals surface area contributed by atoms with Crippen LogP contribution >= 0.6 is 9.24 Å². The Labute approximate surface area is 51.1 Å². The first kappa shape index (κ1) is 8.94. The van der Waals surface area contributed by atoms with Gasteiger partial charge in [-0.25, -0.2) is 0 Å². The normalized spacial score (nSPS) is 3.25.